The third kappa shape index (κ3) is 3.59. The third-order valence-electron chi connectivity index (χ3n) is 9.90. The molecule has 0 bridgehead atoms. The summed E-state index contributed by atoms with van der Waals surface area (Å²) in [6.07, 6.45) is 0. The molecule has 5 heteroatoms. The average Bonchev–Trinajstić information content (AvgIpc) is 3.83. The lowest BCUT2D eigenvalue weighted by atomic mass is 10.0. The maximum absolute atomic E-state index is 6.90. The fourth-order valence-electron chi connectivity index (χ4n) is 7.92. The van der Waals surface area contributed by atoms with Gasteiger partial charge in [0.2, 0.25) is 5.95 Å². The fourth-order valence-corrected chi connectivity index (χ4v) is 7.92. The van der Waals surface area contributed by atoms with Crippen molar-refractivity contribution in [3.63, 3.8) is 0 Å². The van der Waals surface area contributed by atoms with E-state index in [2.05, 4.69) is 149 Å². The summed E-state index contributed by atoms with van der Waals surface area (Å²) in [6.45, 7) is 0. The lowest BCUT2D eigenvalue weighted by Crippen LogP contribution is -2.03. The number of hydrogen-bond donors (Lipinski definition) is 0. The highest BCUT2D eigenvalue weighted by Gasteiger charge is 2.28. The van der Waals surface area contributed by atoms with Crippen LogP contribution in [-0.4, -0.2) is 19.1 Å². The van der Waals surface area contributed by atoms with Crippen LogP contribution in [0.25, 0.3) is 99.3 Å². The molecule has 0 aliphatic carbocycles. The number of aromatic nitrogens is 4. The molecule has 0 saturated heterocycles. The van der Waals surface area contributed by atoms with Gasteiger partial charge in [0.25, 0.3) is 0 Å². The summed E-state index contributed by atoms with van der Waals surface area (Å²) in [6, 6.07) is 55.0. The van der Waals surface area contributed by atoms with Gasteiger partial charge in [-0.25, -0.2) is 9.97 Å². The minimum absolute atomic E-state index is 0.633. The summed E-state index contributed by atoms with van der Waals surface area (Å²) in [7, 11) is 0. The molecule has 4 aromatic heterocycles. The van der Waals surface area contributed by atoms with Crippen LogP contribution >= 0.6 is 0 Å². The number of hydrogen-bond acceptors (Lipinski definition) is 3. The van der Waals surface area contributed by atoms with Gasteiger partial charge in [0.05, 0.1) is 33.3 Å². The van der Waals surface area contributed by atoms with E-state index in [9.17, 15) is 0 Å². The average molecular weight is 627 g/mol. The highest BCUT2D eigenvalue weighted by Crippen LogP contribution is 2.49. The Hall–Kier alpha value is -6.72. The molecule has 11 rings (SSSR count). The first-order chi connectivity index (χ1) is 24.3. The molecule has 0 spiro atoms. The van der Waals surface area contributed by atoms with E-state index < -0.39 is 0 Å². The summed E-state index contributed by atoms with van der Waals surface area (Å²) in [5, 5.41) is 7.71. The van der Waals surface area contributed by atoms with Gasteiger partial charge in [0, 0.05) is 49.0 Å². The Morgan fingerprint density at radius 2 is 1.02 bits per heavy atom. The predicted octanol–water partition coefficient (Wildman–Crippen LogP) is 11.4. The van der Waals surface area contributed by atoms with Crippen LogP contribution in [0.15, 0.2) is 162 Å². The Bertz CT molecular complexity index is 3100. The number of para-hydroxylation sites is 5. The molecule has 11 aromatic rings. The van der Waals surface area contributed by atoms with Crippen LogP contribution in [0, 0.1) is 0 Å². The van der Waals surface area contributed by atoms with E-state index in [0.717, 1.165) is 93.4 Å². The molecule has 7 aromatic carbocycles. The second-order valence-electron chi connectivity index (χ2n) is 12.5. The summed E-state index contributed by atoms with van der Waals surface area (Å²) in [5.74, 6) is 0.633. The quantitative estimate of drug-likeness (QED) is 0.196. The Balaban J connectivity index is 1.44. The highest BCUT2D eigenvalue weighted by molar-refractivity contribution is 6.39. The van der Waals surface area contributed by atoms with Crippen molar-refractivity contribution in [2.75, 3.05) is 0 Å². The lowest BCUT2D eigenvalue weighted by molar-refractivity contribution is 0.671. The monoisotopic (exact) mass is 626 g/mol. The Labute approximate surface area is 279 Å². The molecule has 0 saturated carbocycles. The van der Waals surface area contributed by atoms with Gasteiger partial charge >= 0.3 is 0 Å². The molecule has 0 unspecified atom stereocenters. The minimum Gasteiger partial charge on any atom is -0.454 e. The Kier molecular flexibility index (Phi) is 5.32. The maximum atomic E-state index is 6.90. The lowest BCUT2D eigenvalue weighted by Gasteiger charge is -2.12. The van der Waals surface area contributed by atoms with E-state index in [-0.39, 0.29) is 0 Å². The van der Waals surface area contributed by atoms with Crippen molar-refractivity contribution < 1.29 is 4.42 Å². The van der Waals surface area contributed by atoms with Crippen LogP contribution in [0.3, 0.4) is 0 Å². The molecule has 0 fully saturated rings. The first kappa shape index (κ1) is 26.4. The Morgan fingerprint density at radius 1 is 0.429 bits per heavy atom. The van der Waals surface area contributed by atoms with Crippen LogP contribution in [-0.2, 0) is 0 Å². The van der Waals surface area contributed by atoms with E-state index in [1.54, 1.807) is 0 Å². The molecule has 0 radical (unpaired) electrons. The van der Waals surface area contributed by atoms with Gasteiger partial charge < -0.3 is 8.98 Å². The van der Waals surface area contributed by atoms with Crippen molar-refractivity contribution in [1.29, 1.82) is 0 Å². The van der Waals surface area contributed by atoms with Gasteiger partial charge in [0.15, 0.2) is 5.58 Å². The fraction of sp³-hybridized carbons (Fsp3) is 0. The summed E-state index contributed by atoms with van der Waals surface area (Å²) < 4.78 is 11.5. The van der Waals surface area contributed by atoms with Gasteiger partial charge in [-0.2, -0.15) is 0 Å². The Morgan fingerprint density at radius 3 is 1.80 bits per heavy atom. The molecule has 0 N–H and O–H groups in total. The van der Waals surface area contributed by atoms with Crippen LogP contribution < -0.4 is 0 Å². The van der Waals surface area contributed by atoms with Crippen molar-refractivity contribution in [3.05, 3.63) is 158 Å². The molecular weight excluding hydrogens is 601 g/mol. The van der Waals surface area contributed by atoms with Crippen LogP contribution in [0.1, 0.15) is 0 Å². The summed E-state index contributed by atoms with van der Waals surface area (Å²) in [5.41, 5.74) is 9.91. The molecular formula is C44H26N4O. The van der Waals surface area contributed by atoms with Gasteiger partial charge in [-0.3, -0.25) is 4.57 Å². The van der Waals surface area contributed by atoms with Crippen molar-refractivity contribution in [1.82, 2.24) is 19.1 Å². The van der Waals surface area contributed by atoms with E-state index in [1.165, 1.54) is 0 Å². The molecule has 0 atom stereocenters. The zero-order valence-electron chi connectivity index (χ0n) is 26.2. The standard InChI is InChI=1S/C44H26N4O/c1-3-15-27(16-4-1)40-29-19-7-11-23-33(29)45-44(46-40)48-35-25-13-8-20-30(35)37-38-32-22-10-14-26-36(32)49-43(38)42-39(41(37)48)31-21-9-12-24-34(31)47(42)28-17-5-2-6-18-28/h1-26H. The predicted molar refractivity (Wildman–Crippen MR) is 201 cm³/mol. The van der Waals surface area contributed by atoms with Gasteiger partial charge in [-0.05, 0) is 36.4 Å². The summed E-state index contributed by atoms with van der Waals surface area (Å²) in [4.78, 5) is 10.7. The zero-order chi connectivity index (χ0) is 32.1. The topological polar surface area (TPSA) is 48.8 Å². The van der Waals surface area contributed by atoms with Gasteiger partial charge in [0.1, 0.15) is 5.58 Å². The van der Waals surface area contributed by atoms with Crippen LogP contribution in [0.5, 0.6) is 0 Å². The second kappa shape index (κ2) is 9.89. The first-order valence-electron chi connectivity index (χ1n) is 16.5. The molecule has 0 aliphatic rings. The molecule has 228 valence electrons. The minimum atomic E-state index is 0.633. The molecule has 0 aliphatic heterocycles. The summed E-state index contributed by atoms with van der Waals surface area (Å²) >= 11 is 0. The van der Waals surface area contributed by atoms with E-state index in [0.29, 0.717) is 5.95 Å². The SMILES string of the molecule is c1ccc(-c2nc(-n3c4ccccc4c4c5c6ccccc6oc5c5c(c6ccccc6n5-c5ccccc5)c43)nc3ccccc23)cc1. The van der Waals surface area contributed by atoms with E-state index in [4.69, 9.17) is 14.4 Å². The van der Waals surface area contributed by atoms with E-state index >= 15 is 0 Å². The molecule has 4 heterocycles. The van der Waals surface area contributed by atoms with Crippen molar-refractivity contribution >= 4 is 76.5 Å². The number of furan rings is 1. The number of rotatable bonds is 3. The largest absolute Gasteiger partial charge is 0.454 e. The smallest absolute Gasteiger partial charge is 0.235 e. The van der Waals surface area contributed by atoms with Crippen molar-refractivity contribution in [2.45, 2.75) is 0 Å². The van der Waals surface area contributed by atoms with Crippen LogP contribution in [0.4, 0.5) is 0 Å². The van der Waals surface area contributed by atoms with Gasteiger partial charge in [-0.15, -0.1) is 0 Å². The van der Waals surface area contributed by atoms with Crippen molar-refractivity contribution in [3.8, 4) is 22.9 Å². The second-order valence-corrected chi connectivity index (χ2v) is 12.5. The molecule has 0 amide bonds. The van der Waals surface area contributed by atoms with Gasteiger partial charge in [-0.1, -0.05) is 121 Å². The number of nitrogens with zero attached hydrogens (tertiary/aromatic N) is 4. The molecule has 5 nitrogen and oxygen atoms in total. The third-order valence-corrected chi connectivity index (χ3v) is 9.90. The number of benzene rings is 7. The van der Waals surface area contributed by atoms with E-state index in [1.807, 2.05) is 18.2 Å². The highest BCUT2D eigenvalue weighted by atomic mass is 16.3. The van der Waals surface area contributed by atoms with Crippen molar-refractivity contribution in [2.24, 2.45) is 0 Å². The zero-order valence-corrected chi connectivity index (χ0v) is 26.2. The van der Waals surface area contributed by atoms with Crippen LogP contribution in [0.2, 0.25) is 0 Å². The maximum Gasteiger partial charge on any atom is 0.235 e. The number of fused-ring (bicyclic) bond motifs is 13. The molecule has 49 heavy (non-hydrogen) atoms. The normalized spacial score (nSPS) is 12.1. The first-order valence-corrected chi connectivity index (χ1v) is 16.5.